The van der Waals surface area contributed by atoms with Crippen molar-refractivity contribution in [2.45, 2.75) is 19.8 Å². The predicted octanol–water partition coefficient (Wildman–Crippen LogP) is 2.11. The van der Waals surface area contributed by atoms with Crippen molar-refractivity contribution in [2.24, 2.45) is 0 Å². The first kappa shape index (κ1) is 22.1. The average molecular weight is 403 g/mol. The van der Waals surface area contributed by atoms with Gasteiger partial charge >= 0.3 is 11.9 Å². The van der Waals surface area contributed by atoms with E-state index in [2.05, 4.69) is 5.32 Å². The van der Waals surface area contributed by atoms with Crippen LogP contribution in [-0.2, 0) is 19.1 Å². The lowest BCUT2D eigenvalue weighted by molar-refractivity contribution is -0.384. The second-order valence-electron chi connectivity index (χ2n) is 6.92. The number of hydrogen-bond donors (Lipinski definition) is 1. The van der Waals surface area contributed by atoms with Gasteiger partial charge in [0.15, 0.2) is 0 Å². The van der Waals surface area contributed by atoms with Gasteiger partial charge in [-0.15, -0.1) is 0 Å². The number of nitrogens with zero attached hydrogens (tertiary/aromatic N) is 2. The number of nitrogens with one attached hydrogen (secondary N) is 1. The molecule has 0 saturated carbocycles. The van der Waals surface area contributed by atoms with Crippen LogP contribution >= 0.6 is 0 Å². The van der Waals surface area contributed by atoms with Crippen LogP contribution in [0.5, 0.6) is 0 Å². The molecular formula is C20H25N3O6. The number of benzene rings is 1. The van der Waals surface area contributed by atoms with Crippen LogP contribution in [-0.4, -0.2) is 56.1 Å². The lowest BCUT2D eigenvalue weighted by Crippen LogP contribution is -2.33. The van der Waals surface area contributed by atoms with E-state index >= 15 is 0 Å². The number of carbonyl (C=O) groups excluding carboxylic acids is 2. The van der Waals surface area contributed by atoms with E-state index in [1.165, 1.54) is 25.3 Å². The molecule has 1 aromatic carbocycles. The first-order valence-electron chi connectivity index (χ1n) is 9.00. The van der Waals surface area contributed by atoms with E-state index in [1.807, 2.05) is 19.0 Å². The van der Waals surface area contributed by atoms with Gasteiger partial charge in [0.05, 0.1) is 29.1 Å². The maximum absolute atomic E-state index is 12.9. The summed E-state index contributed by atoms with van der Waals surface area (Å²) in [5, 5.41) is 14.3. The van der Waals surface area contributed by atoms with E-state index in [4.69, 9.17) is 9.47 Å². The first-order valence-corrected chi connectivity index (χ1v) is 9.00. The Morgan fingerprint density at radius 3 is 2.34 bits per heavy atom. The first-order chi connectivity index (χ1) is 13.7. The Hall–Kier alpha value is -3.20. The fourth-order valence-corrected chi connectivity index (χ4v) is 3.20. The molecule has 9 nitrogen and oxygen atoms in total. The number of hydrogen-bond acceptors (Lipinski definition) is 8. The summed E-state index contributed by atoms with van der Waals surface area (Å²) < 4.78 is 10.3. The van der Waals surface area contributed by atoms with E-state index in [0.717, 1.165) is 0 Å². The van der Waals surface area contributed by atoms with Gasteiger partial charge in [-0.25, -0.2) is 9.59 Å². The molecule has 9 heteroatoms. The van der Waals surface area contributed by atoms with Crippen molar-refractivity contribution in [3.63, 3.8) is 0 Å². The molecule has 1 heterocycles. The zero-order valence-corrected chi connectivity index (χ0v) is 17.1. The van der Waals surface area contributed by atoms with Gasteiger partial charge < -0.3 is 19.7 Å². The highest BCUT2D eigenvalue weighted by molar-refractivity contribution is 5.99. The number of nitro groups is 1. The largest absolute Gasteiger partial charge is 0.466 e. The zero-order valence-electron chi connectivity index (χ0n) is 17.1. The molecule has 0 spiro atoms. The monoisotopic (exact) mass is 403 g/mol. The van der Waals surface area contributed by atoms with Crippen LogP contribution in [0.2, 0.25) is 0 Å². The van der Waals surface area contributed by atoms with Gasteiger partial charge in [-0.2, -0.15) is 0 Å². The second kappa shape index (κ2) is 9.33. The Balaban J connectivity index is 2.56. The molecule has 0 aromatic heterocycles. The molecule has 1 N–H and O–H groups in total. The van der Waals surface area contributed by atoms with E-state index < -0.39 is 22.8 Å². The fourth-order valence-electron chi connectivity index (χ4n) is 3.20. The molecule has 29 heavy (non-hydrogen) atoms. The van der Waals surface area contributed by atoms with Gasteiger partial charge in [0, 0.05) is 30.1 Å². The molecule has 0 amide bonds. The summed E-state index contributed by atoms with van der Waals surface area (Å²) in [7, 11) is 4.95. The van der Waals surface area contributed by atoms with Gasteiger partial charge in [-0.05, 0) is 33.5 Å². The number of methoxy groups -OCH3 is 1. The van der Waals surface area contributed by atoms with E-state index in [0.29, 0.717) is 23.5 Å². The molecule has 0 radical (unpaired) electrons. The van der Waals surface area contributed by atoms with Crippen molar-refractivity contribution >= 4 is 17.6 Å². The van der Waals surface area contributed by atoms with Crippen molar-refractivity contribution in [3.8, 4) is 0 Å². The van der Waals surface area contributed by atoms with Gasteiger partial charge in [-0.3, -0.25) is 10.1 Å². The third-order valence-electron chi connectivity index (χ3n) is 4.57. The van der Waals surface area contributed by atoms with E-state index in [-0.39, 0.29) is 23.4 Å². The molecule has 1 aliphatic rings. The third-order valence-corrected chi connectivity index (χ3v) is 4.57. The van der Waals surface area contributed by atoms with Crippen LogP contribution in [0, 0.1) is 10.1 Å². The molecule has 0 saturated heterocycles. The van der Waals surface area contributed by atoms with Crippen LogP contribution in [0.15, 0.2) is 46.8 Å². The summed E-state index contributed by atoms with van der Waals surface area (Å²) >= 11 is 0. The predicted molar refractivity (Wildman–Crippen MR) is 106 cm³/mol. The van der Waals surface area contributed by atoms with Crippen LogP contribution < -0.4 is 5.32 Å². The SMILES string of the molecule is COC(=O)C1=C(C)NC(C)=C(C(=O)OCCN(C)C)[C@@H]1c1cccc([N+](=O)[O-])c1. The number of nitro benzene ring substituents is 1. The van der Waals surface area contributed by atoms with Gasteiger partial charge in [-0.1, -0.05) is 12.1 Å². The number of carbonyl (C=O) groups is 2. The molecule has 0 bridgehead atoms. The second-order valence-corrected chi connectivity index (χ2v) is 6.92. The highest BCUT2D eigenvalue weighted by atomic mass is 16.6. The third kappa shape index (κ3) is 5.00. The molecule has 0 fully saturated rings. The maximum Gasteiger partial charge on any atom is 0.336 e. The fraction of sp³-hybridized carbons (Fsp3) is 0.400. The lowest BCUT2D eigenvalue weighted by Gasteiger charge is -2.30. The van der Waals surface area contributed by atoms with E-state index in [9.17, 15) is 19.7 Å². The minimum Gasteiger partial charge on any atom is -0.466 e. The number of non-ortho nitro benzene ring substituents is 1. The molecular weight excluding hydrogens is 378 g/mol. The van der Waals surface area contributed by atoms with Crippen LogP contribution in [0.4, 0.5) is 5.69 Å². The summed E-state index contributed by atoms with van der Waals surface area (Å²) in [5.41, 5.74) is 1.74. The maximum atomic E-state index is 12.9. The van der Waals surface area contributed by atoms with Crippen molar-refractivity contribution in [2.75, 3.05) is 34.4 Å². The summed E-state index contributed by atoms with van der Waals surface area (Å²) in [6.45, 7) is 4.09. The Kier molecular flexibility index (Phi) is 7.11. The van der Waals surface area contributed by atoms with Crippen LogP contribution in [0.25, 0.3) is 0 Å². The number of rotatable bonds is 7. The normalized spacial score (nSPS) is 16.6. The number of dihydropyridines is 1. The highest BCUT2D eigenvalue weighted by Crippen LogP contribution is 2.40. The zero-order chi connectivity index (χ0) is 21.7. The van der Waals surface area contributed by atoms with Gasteiger partial charge in [0.1, 0.15) is 6.61 Å². The molecule has 2 rings (SSSR count). The van der Waals surface area contributed by atoms with E-state index in [1.54, 1.807) is 19.9 Å². The van der Waals surface area contributed by atoms with Crippen molar-refractivity contribution < 1.29 is 24.0 Å². The average Bonchev–Trinajstić information content (AvgIpc) is 2.66. The standard InChI is InChI=1S/C20H25N3O6/c1-12-16(19(24)28-5)18(14-7-6-8-15(11-14)23(26)27)17(13(2)21-12)20(25)29-10-9-22(3)4/h6-8,11,18,21H,9-10H2,1-5H3/t18-/m1/s1. The molecule has 0 unspecified atom stereocenters. The molecule has 0 aliphatic carbocycles. The minimum atomic E-state index is -0.851. The Morgan fingerprint density at radius 2 is 1.79 bits per heavy atom. The van der Waals surface area contributed by atoms with Crippen molar-refractivity contribution in [3.05, 3.63) is 62.5 Å². The number of allylic oxidation sites excluding steroid dienone is 2. The topological polar surface area (TPSA) is 111 Å². The van der Waals surface area contributed by atoms with Crippen LogP contribution in [0.1, 0.15) is 25.3 Å². The number of likely N-dealkylation sites (N-methyl/N-ethyl adjacent to an activating group) is 1. The Bertz CT molecular complexity index is 888. The summed E-state index contributed by atoms with van der Waals surface area (Å²) in [5.74, 6) is -2.07. The van der Waals surface area contributed by atoms with Crippen LogP contribution in [0.3, 0.4) is 0 Å². The summed E-state index contributed by atoms with van der Waals surface area (Å²) in [4.78, 5) is 38.0. The molecule has 1 atom stereocenters. The smallest absolute Gasteiger partial charge is 0.336 e. The Labute approximate surface area is 169 Å². The van der Waals surface area contributed by atoms with Gasteiger partial charge in [0.2, 0.25) is 0 Å². The highest BCUT2D eigenvalue weighted by Gasteiger charge is 2.38. The number of esters is 2. The quantitative estimate of drug-likeness (QED) is 0.419. The number of ether oxygens (including phenoxy) is 2. The van der Waals surface area contributed by atoms with Crippen molar-refractivity contribution in [1.29, 1.82) is 0 Å². The lowest BCUT2D eigenvalue weighted by atomic mass is 9.80. The summed E-state index contributed by atoms with van der Waals surface area (Å²) in [6, 6.07) is 5.86. The van der Waals surface area contributed by atoms with Gasteiger partial charge in [0.25, 0.3) is 5.69 Å². The molecule has 1 aliphatic heterocycles. The molecule has 1 aromatic rings. The Morgan fingerprint density at radius 1 is 1.17 bits per heavy atom. The summed E-state index contributed by atoms with van der Waals surface area (Å²) in [6.07, 6.45) is 0. The molecule has 156 valence electrons. The van der Waals surface area contributed by atoms with Crippen molar-refractivity contribution in [1.82, 2.24) is 10.2 Å². The minimum absolute atomic E-state index is 0.138.